The molecule has 2 aromatic rings. The number of carboxylic acid groups (broad SMARTS) is 1. The van der Waals surface area contributed by atoms with Crippen LogP contribution in [0.2, 0.25) is 0 Å². The molecule has 128 valence electrons. The summed E-state index contributed by atoms with van der Waals surface area (Å²) in [7, 11) is 0. The zero-order valence-electron chi connectivity index (χ0n) is 13.6. The second-order valence-electron chi connectivity index (χ2n) is 5.75. The van der Waals surface area contributed by atoms with Gasteiger partial charge in [0.25, 0.3) is 5.78 Å². The first-order valence-corrected chi connectivity index (χ1v) is 7.75. The van der Waals surface area contributed by atoms with Crippen molar-refractivity contribution in [1.29, 1.82) is 0 Å². The zero-order valence-corrected chi connectivity index (χ0v) is 13.6. The van der Waals surface area contributed by atoms with Gasteiger partial charge < -0.3 is 14.7 Å². The number of hydrogen-bond donors (Lipinski definition) is 1. The molecule has 3 rings (SSSR count). The minimum Gasteiger partial charge on any atom is -0.480 e. The quantitative estimate of drug-likeness (QED) is 0.837. The summed E-state index contributed by atoms with van der Waals surface area (Å²) in [5.41, 5.74) is 2.62. The summed E-state index contributed by atoms with van der Waals surface area (Å²) >= 11 is 0. The third kappa shape index (κ3) is 2.94. The maximum atomic E-state index is 12.5. The molecule has 0 aromatic carbocycles. The van der Waals surface area contributed by atoms with Gasteiger partial charge in [0.2, 0.25) is 5.91 Å². The molecule has 1 atom stereocenters. The SMILES string of the molecule is Cc1nc2ncnn2c(C)c1CCC(=O)N1CCOC[C@H]1C(=O)O. The summed E-state index contributed by atoms with van der Waals surface area (Å²) in [6.07, 6.45) is 2.13. The van der Waals surface area contributed by atoms with Crippen molar-refractivity contribution in [2.75, 3.05) is 19.8 Å². The Balaban J connectivity index is 1.75. The van der Waals surface area contributed by atoms with Crippen molar-refractivity contribution in [3.63, 3.8) is 0 Å². The highest BCUT2D eigenvalue weighted by Crippen LogP contribution is 2.17. The lowest BCUT2D eigenvalue weighted by molar-refractivity contribution is -0.158. The van der Waals surface area contributed by atoms with Crippen LogP contribution in [0.3, 0.4) is 0 Å². The van der Waals surface area contributed by atoms with Crippen LogP contribution < -0.4 is 0 Å². The number of carbonyl (C=O) groups excluding carboxylic acids is 1. The lowest BCUT2D eigenvalue weighted by Crippen LogP contribution is -2.52. The molecule has 0 saturated carbocycles. The van der Waals surface area contributed by atoms with E-state index in [4.69, 9.17) is 4.74 Å². The number of amides is 1. The van der Waals surface area contributed by atoms with Gasteiger partial charge in [-0.05, 0) is 25.8 Å². The van der Waals surface area contributed by atoms with E-state index < -0.39 is 12.0 Å². The molecule has 0 radical (unpaired) electrons. The van der Waals surface area contributed by atoms with Crippen LogP contribution in [-0.2, 0) is 20.7 Å². The molecule has 0 spiro atoms. The maximum absolute atomic E-state index is 12.5. The molecule has 1 saturated heterocycles. The molecule has 1 fully saturated rings. The maximum Gasteiger partial charge on any atom is 0.328 e. The molecular weight excluding hydrogens is 314 g/mol. The second-order valence-corrected chi connectivity index (χ2v) is 5.75. The largest absolute Gasteiger partial charge is 0.480 e. The van der Waals surface area contributed by atoms with Gasteiger partial charge in [0.1, 0.15) is 6.33 Å². The minimum absolute atomic E-state index is 0.0333. The normalized spacial score (nSPS) is 18.1. The smallest absolute Gasteiger partial charge is 0.328 e. The van der Waals surface area contributed by atoms with Crippen LogP contribution >= 0.6 is 0 Å². The Hall–Kier alpha value is -2.55. The van der Waals surface area contributed by atoms with Crippen molar-refractivity contribution in [3.8, 4) is 0 Å². The number of nitrogens with zero attached hydrogens (tertiary/aromatic N) is 5. The van der Waals surface area contributed by atoms with Crippen LogP contribution in [0.4, 0.5) is 0 Å². The van der Waals surface area contributed by atoms with E-state index in [1.165, 1.54) is 11.2 Å². The number of aromatic nitrogens is 4. The number of rotatable bonds is 4. The van der Waals surface area contributed by atoms with Gasteiger partial charge in [-0.15, -0.1) is 0 Å². The van der Waals surface area contributed by atoms with Crippen molar-refractivity contribution in [1.82, 2.24) is 24.5 Å². The summed E-state index contributed by atoms with van der Waals surface area (Å²) in [4.78, 5) is 33.6. The van der Waals surface area contributed by atoms with Gasteiger partial charge in [0, 0.05) is 24.4 Å². The number of ether oxygens (including phenoxy) is 1. The molecule has 24 heavy (non-hydrogen) atoms. The first-order valence-electron chi connectivity index (χ1n) is 7.75. The Kier molecular flexibility index (Phi) is 4.43. The average Bonchev–Trinajstić information content (AvgIpc) is 3.02. The fraction of sp³-hybridized carbons (Fsp3) is 0.533. The number of fused-ring (bicyclic) bond motifs is 1. The monoisotopic (exact) mass is 333 g/mol. The molecule has 1 aliphatic heterocycles. The van der Waals surface area contributed by atoms with Crippen LogP contribution in [-0.4, -0.2) is 67.3 Å². The fourth-order valence-corrected chi connectivity index (χ4v) is 3.00. The standard InChI is InChI=1S/C15H19N5O4/c1-9-11(10(2)20-15(18-9)16-8-17-20)3-4-13(21)19-5-6-24-7-12(19)14(22)23/h8,12H,3-7H2,1-2H3,(H,22,23)/t12-/m0/s1. The zero-order chi connectivity index (χ0) is 17.3. The molecule has 1 aliphatic rings. The van der Waals surface area contributed by atoms with Gasteiger partial charge in [-0.2, -0.15) is 10.1 Å². The van der Waals surface area contributed by atoms with E-state index in [-0.39, 0.29) is 18.9 Å². The Morgan fingerprint density at radius 1 is 1.42 bits per heavy atom. The Labute approximate surface area is 138 Å². The first-order chi connectivity index (χ1) is 11.5. The molecule has 0 aliphatic carbocycles. The molecule has 1 amide bonds. The third-order valence-electron chi connectivity index (χ3n) is 4.31. The highest BCUT2D eigenvalue weighted by molar-refractivity contribution is 5.84. The predicted molar refractivity (Wildman–Crippen MR) is 82.5 cm³/mol. The van der Waals surface area contributed by atoms with Crippen LogP contribution in [0.25, 0.3) is 5.78 Å². The number of aryl methyl sites for hydroxylation is 2. The summed E-state index contributed by atoms with van der Waals surface area (Å²) in [5, 5.41) is 13.3. The van der Waals surface area contributed by atoms with Crippen LogP contribution in [0.1, 0.15) is 23.4 Å². The van der Waals surface area contributed by atoms with Gasteiger partial charge in [0.05, 0.1) is 13.2 Å². The van der Waals surface area contributed by atoms with Gasteiger partial charge in [0.15, 0.2) is 6.04 Å². The van der Waals surface area contributed by atoms with Crippen molar-refractivity contribution >= 4 is 17.7 Å². The van der Waals surface area contributed by atoms with Crippen molar-refractivity contribution < 1.29 is 19.4 Å². The number of aliphatic carboxylic acids is 1. The molecule has 9 nitrogen and oxygen atoms in total. The number of morpholine rings is 1. The highest BCUT2D eigenvalue weighted by atomic mass is 16.5. The fourth-order valence-electron chi connectivity index (χ4n) is 3.00. The highest BCUT2D eigenvalue weighted by Gasteiger charge is 2.32. The molecule has 0 unspecified atom stereocenters. The first kappa shape index (κ1) is 16.3. The van der Waals surface area contributed by atoms with E-state index in [0.717, 1.165) is 17.0 Å². The van der Waals surface area contributed by atoms with E-state index >= 15 is 0 Å². The average molecular weight is 333 g/mol. The van der Waals surface area contributed by atoms with E-state index in [0.29, 0.717) is 25.4 Å². The summed E-state index contributed by atoms with van der Waals surface area (Å²) in [6, 6.07) is -0.913. The van der Waals surface area contributed by atoms with Crippen molar-refractivity contribution in [2.24, 2.45) is 0 Å². The Morgan fingerprint density at radius 2 is 2.21 bits per heavy atom. The summed E-state index contributed by atoms with van der Waals surface area (Å²) < 4.78 is 6.80. The minimum atomic E-state index is -1.04. The summed E-state index contributed by atoms with van der Waals surface area (Å²) in [6.45, 7) is 4.47. The van der Waals surface area contributed by atoms with E-state index in [2.05, 4.69) is 15.1 Å². The molecule has 1 N–H and O–H groups in total. The van der Waals surface area contributed by atoms with Crippen LogP contribution in [0.5, 0.6) is 0 Å². The van der Waals surface area contributed by atoms with E-state index in [1.807, 2.05) is 13.8 Å². The van der Waals surface area contributed by atoms with Gasteiger partial charge in [-0.3, -0.25) is 4.79 Å². The lowest BCUT2D eigenvalue weighted by atomic mass is 10.1. The van der Waals surface area contributed by atoms with Crippen LogP contribution in [0.15, 0.2) is 6.33 Å². The Bertz CT molecular complexity index is 788. The number of hydrogen-bond acceptors (Lipinski definition) is 6. The molecule has 3 heterocycles. The molecule has 0 bridgehead atoms. The predicted octanol–water partition coefficient (Wildman–Crippen LogP) is -0.0143. The third-order valence-corrected chi connectivity index (χ3v) is 4.31. The number of carbonyl (C=O) groups is 2. The lowest BCUT2D eigenvalue weighted by Gasteiger charge is -2.33. The van der Waals surface area contributed by atoms with Gasteiger partial charge >= 0.3 is 5.97 Å². The number of carboxylic acids is 1. The molecule has 2 aromatic heterocycles. The van der Waals surface area contributed by atoms with Crippen LogP contribution in [0, 0.1) is 13.8 Å². The molecular formula is C15H19N5O4. The van der Waals surface area contributed by atoms with E-state index in [1.54, 1.807) is 4.52 Å². The molecule has 9 heteroatoms. The van der Waals surface area contributed by atoms with E-state index in [9.17, 15) is 14.7 Å². The van der Waals surface area contributed by atoms with Gasteiger partial charge in [-0.25, -0.2) is 14.3 Å². The van der Waals surface area contributed by atoms with Gasteiger partial charge in [-0.1, -0.05) is 0 Å². The topological polar surface area (TPSA) is 110 Å². The van der Waals surface area contributed by atoms with Crippen molar-refractivity contribution in [2.45, 2.75) is 32.7 Å². The Morgan fingerprint density at radius 3 is 2.96 bits per heavy atom. The van der Waals surface area contributed by atoms with Crippen molar-refractivity contribution in [3.05, 3.63) is 23.3 Å². The second kappa shape index (κ2) is 6.52. The summed E-state index contributed by atoms with van der Waals surface area (Å²) in [5.74, 6) is -0.705.